The highest BCUT2D eigenvalue weighted by Crippen LogP contribution is 2.19. The Morgan fingerprint density at radius 2 is 2.28 bits per heavy atom. The normalized spacial score (nSPS) is 20.8. The first kappa shape index (κ1) is 13.9. The predicted molar refractivity (Wildman–Crippen MR) is 72.7 cm³/mol. The lowest BCUT2D eigenvalue weighted by Gasteiger charge is -2.22. The van der Waals surface area contributed by atoms with Crippen LogP contribution in [0.3, 0.4) is 0 Å². The lowest BCUT2D eigenvalue weighted by Crippen LogP contribution is -2.38. The number of H-pyrrole nitrogens is 1. The third-order valence-electron chi connectivity index (χ3n) is 2.62. The number of hydrogen-bond acceptors (Lipinski definition) is 4. The van der Waals surface area contributed by atoms with Crippen LogP contribution in [0.25, 0.3) is 0 Å². The van der Waals surface area contributed by atoms with Crippen molar-refractivity contribution in [2.45, 2.75) is 23.8 Å². The summed E-state index contributed by atoms with van der Waals surface area (Å²) in [4.78, 5) is 13.4. The Labute approximate surface area is 114 Å². The first-order valence-electron chi connectivity index (χ1n) is 5.47. The van der Waals surface area contributed by atoms with Crippen LogP contribution in [-0.4, -0.2) is 30.9 Å². The topological polar surface area (TPSA) is 79.0 Å². The number of aromatic nitrogens is 1. The minimum Gasteiger partial charge on any atom is -0.326 e. The Morgan fingerprint density at radius 1 is 1.50 bits per heavy atom. The maximum atomic E-state index is 12.1. The molecule has 5 nitrogen and oxygen atoms in total. The second-order valence-corrected chi connectivity index (χ2v) is 7.32. The molecule has 0 aromatic carbocycles. The second-order valence-electron chi connectivity index (χ2n) is 4.05. The predicted octanol–water partition coefficient (Wildman–Crippen LogP) is 1.20. The highest BCUT2D eigenvalue weighted by atomic mass is 35.5. The van der Waals surface area contributed by atoms with Crippen LogP contribution in [-0.2, 0) is 10.0 Å². The van der Waals surface area contributed by atoms with Gasteiger partial charge in [0.25, 0.3) is 5.56 Å². The molecular formula is C10H13ClN2O3S2. The summed E-state index contributed by atoms with van der Waals surface area (Å²) in [5, 5.41) is -0.129. The second kappa shape index (κ2) is 5.64. The van der Waals surface area contributed by atoms with Crippen LogP contribution in [0.1, 0.15) is 12.8 Å². The van der Waals surface area contributed by atoms with Gasteiger partial charge in [-0.05, 0) is 24.7 Å². The molecule has 1 fully saturated rings. The molecule has 18 heavy (non-hydrogen) atoms. The van der Waals surface area contributed by atoms with Crippen LogP contribution < -0.4 is 10.3 Å². The van der Waals surface area contributed by atoms with E-state index in [0.717, 1.165) is 30.5 Å². The zero-order valence-electron chi connectivity index (χ0n) is 9.48. The van der Waals surface area contributed by atoms with Gasteiger partial charge < -0.3 is 4.98 Å². The van der Waals surface area contributed by atoms with Crippen LogP contribution in [0, 0.1) is 0 Å². The quantitative estimate of drug-likeness (QED) is 0.879. The van der Waals surface area contributed by atoms with Crippen molar-refractivity contribution in [1.29, 1.82) is 0 Å². The molecule has 0 aliphatic carbocycles. The summed E-state index contributed by atoms with van der Waals surface area (Å²) in [6.07, 6.45) is 3.00. The molecular weight excluding hydrogens is 296 g/mol. The summed E-state index contributed by atoms with van der Waals surface area (Å²) >= 11 is 7.36. The first-order chi connectivity index (χ1) is 8.49. The maximum Gasteiger partial charge on any atom is 0.266 e. The fourth-order valence-corrected chi connectivity index (χ4v) is 4.39. The van der Waals surface area contributed by atoms with E-state index in [-0.39, 0.29) is 16.0 Å². The van der Waals surface area contributed by atoms with E-state index in [9.17, 15) is 13.2 Å². The number of sulfonamides is 1. The summed E-state index contributed by atoms with van der Waals surface area (Å²) in [6.45, 7) is 0. The van der Waals surface area contributed by atoms with Crippen molar-refractivity contribution in [3.63, 3.8) is 0 Å². The fourth-order valence-electron chi connectivity index (χ4n) is 1.71. The Balaban J connectivity index is 2.19. The molecule has 2 rings (SSSR count). The summed E-state index contributed by atoms with van der Waals surface area (Å²) in [7, 11) is -3.62. The summed E-state index contributed by atoms with van der Waals surface area (Å²) in [5.74, 6) is 1.85. The number of thioether (sulfide) groups is 1. The molecule has 1 aromatic rings. The van der Waals surface area contributed by atoms with Crippen molar-refractivity contribution < 1.29 is 8.42 Å². The van der Waals surface area contributed by atoms with Gasteiger partial charge in [-0.1, -0.05) is 11.6 Å². The van der Waals surface area contributed by atoms with Gasteiger partial charge in [0.2, 0.25) is 10.0 Å². The Bertz CT molecular complexity index is 579. The third kappa shape index (κ3) is 3.28. The van der Waals surface area contributed by atoms with E-state index in [1.54, 1.807) is 11.8 Å². The smallest absolute Gasteiger partial charge is 0.266 e. The molecule has 8 heteroatoms. The minimum absolute atomic E-state index is 0.0114. The number of nitrogens with one attached hydrogen (secondary N) is 2. The summed E-state index contributed by atoms with van der Waals surface area (Å²) in [6, 6.07) is 1.11. The highest BCUT2D eigenvalue weighted by Gasteiger charge is 2.22. The molecule has 1 saturated heterocycles. The lowest BCUT2D eigenvalue weighted by atomic mass is 10.2. The molecule has 1 aliphatic heterocycles. The van der Waals surface area contributed by atoms with Crippen LogP contribution in [0.2, 0.25) is 5.02 Å². The van der Waals surface area contributed by atoms with E-state index in [1.165, 1.54) is 6.07 Å². The fraction of sp³-hybridized carbons (Fsp3) is 0.500. The summed E-state index contributed by atoms with van der Waals surface area (Å²) in [5.41, 5.74) is -0.496. The molecule has 0 amide bonds. The van der Waals surface area contributed by atoms with Gasteiger partial charge in [-0.2, -0.15) is 11.8 Å². The van der Waals surface area contributed by atoms with Crippen molar-refractivity contribution >= 4 is 33.4 Å². The highest BCUT2D eigenvalue weighted by molar-refractivity contribution is 7.99. The number of hydrogen-bond donors (Lipinski definition) is 2. The molecule has 1 unspecified atom stereocenters. The van der Waals surface area contributed by atoms with Crippen LogP contribution in [0.15, 0.2) is 22.0 Å². The molecule has 0 bridgehead atoms. The molecule has 1 aromatic heterocycles. The largest absolute Gasteiger partial charge is 0.326 e. The first-order valence-corrected chi connectivity index (χ1v) is 8.49. The molecule has 1 aliphatic rings. The van der Waals surface area contributed by atoms with Gasteiger partial charge in [-0.15, -0.1) is 0 Å². The standard InChI is InChI=1S/C10H13ClN2O3S2/c11-9-4-8(5-12-10(9)14)18(15,16)13-7-2-1-3-17-6-7/h4-5,7,13H,1-3,6H2,(H,12,14). The van der Waals surface area contributed by atoms with Crippen LogP contribution in [0.4, 0.5) is 0 Å². The van der Waals surface area contributed by atoms with Crippen molar-refractivity contribution in [3.05, 3.63) is 27.6 Å². The van der Waals surface area contributed by atoms with Gasteiger partial charge in [0, 0.05) is 18.0 Å². The lowest BCUT2D eigenvalue weighted by molar-refractivity contribution is 0.543. The van der Waals surface area contributed by atoms with Gasteiger partial charge in [-0.3, -0.25) is 4.79 Å². The van der Waals surface area contributed by atoms with E-state index < -0.39 is 15.6 Å². The SMILES string of the molecule is O=c1[nH]cc(S(=O)(=O)NC2CCCSC2)cc1Cl. The average Bonchev–Trinajstić information content (AvgIpc) is 2.33. The van der Waals surface area contributed by atoms with E-state index in [4.69, 9.17) is 11.6 Å². The Kier molecular flexibility index (Phi) is 4.37. The van der Waals surface area contributed by atoms with Crippen molar-refractivity contribution in [2.75, 3.05) is 11.5 Å². The molecule has 2 N–H and O–H groups in total. The van der Waals surface area contributed by atoms with Crippen molar-refractivity contribution in [3.8, 4) is 0 Å². The van der Waals surface area contributed by atoms with Crippen molar-refractivity contribution in [2.24, 2.45) is 0 Å². The maximum absolute atomic E-state index is 12.1. The van der Waals surface area contributed by atoms with Gasteiger partial charge >= 0.3 is 0 Å². The molecule has 0 spiro atoms. The molecule has 1 atom stereocenters. The van der Waals surface area contributed by atoms with Gasteiger partial charge in [-0.25, -0.2) is 13.1 Å². The van der Waals surface area contributed by atoms with Crippen LogP contribution in [0.5, 0.6) is 0 Å². The van der Waals surface area contributed by atoms with E-state index in [2.05, 4.69) is 9.71 Å². The van der Waals surface area contributed by atoms with Crippen LogP contribution >= 0.6 is 23.4 Å². The molecule has 0 radical (unpaired) electrons. The minimum atomic E-state index is -3.62. The zero-order chi connectivity index (χ0) is 13.2. The van der Waals surface area contributed by atoms with E-state index in [1.807, 2.05) is 0 Å². The van der Waals surface area contributed by atoms with Gasteiger partial charge in [0.05, 0.1) is 4.90 Å². The molecule has 2 heterocycles. The monoisotopic (exact) mass is 308 g/mol. The average molecular weight is 309 g/mol. The van der Waals surface area contributed by atoms with Gasteiger partial charge in [0.15, 0.2) is 0 Å². The molecule has 0 saturated carbocycles. The Morgan fingerprint density at radius 3 is 2.89 bits per heavy atom. The van der Waals surface area contributed by atoms with E-state index >= 15 is 0 Å². The van der Waals surface area contributed by atoms with E-state index in [0.29, 0.717) is 0 Å². The number of pyridine rings is 1. The summed E-state index contributed by atoms with van der Waals surface area (Å²) < 4.78 is 26.8. The number of halogens is 1. The van der Waals surface area contributed by atoms with Crippen molar-refractivity contribution in [1.82, 2.24) is 9.71 Å². The zero-order valence-corrected chi connectivity index (χ0v) is 11.9. The number of rotatable bonds is 3. The Hall–Kier alpha value is -0.500. The van der Waals surface area contributed by atoms with Gasteiger partial charge in [0.1, 0.15) is 5.02 Å². The third-order valence-corrected chi connectivity index (χ3v) is 5.62. The number of aromatic amines is 1. The molecule has 100 valence electrons.